The van der Waals surface area contributed by atoms with Crippen LogP contribution in [0.4, 0.5) is 0 Å². The number of hydrogen-bond acceptors (Lipinski definition) is 2. The van der Waals surface area contributed by atoms with E-state index < -0.39 is 0 Å². The number of carbonyl (C=O) groups excluding carboxylic acids is 1. The van der Waals surface area contributed by atoms with Crippen molar-refractivity contribution in [1.82, 2.24) is 0 Å². The summed E-state index contributed by atoms with van der Waals surface area (Å²) in [5.74, 6) is 0.475. The van der Waals surface area contributed by atoms with Gasteiger partial charge in [-0.2, -0.15) is 0 Å². The summed E-state index contributed by atoms with van der Waals surface area (Å²) in [5, 5.41) is 0. The van der Waals surface area contributed by atoms with Crippen molar-refractivity contribution in [2.45, 2.75) is 33.1 Å². The second-order valence-corrected chi connectivity index (χ2v) is 3.84. The van der Waals surface area contributed by atoms with Crippen molar-refractivity contribution in [3.05, 3.63) is 0 Å². The van der Waals surface area contributed by atoms with Gasteiger partial charge in [0.15, 0.2) is 0 Å². The predicted octanol–water partition coefficient (Wildman–Crippen LogP) is 2.03. The lowest BCUT2D eigenvalue weighted by molar-refractivity contribution is -0.119. The van der Waals surface area contributed by atoms with Gasteiger partial charge in [-0.25, -0.2) is 0 Å². The Morgan fingerprint density at radius 1 is 1.67 bits per heavy atom. The lowest BCUT2D eigenvalue weighted by Crippen LogP contribution is -2.30. The van der Waals surface area contributed by atoms with E-state index in [1.807, 2.05) is 0 Å². The van der Waals surface area contributed by atoms with Crippen LogP contribution < -0.4 is 0 Å². The second kappa shape index (κ2) is 4.04. The minimum Gasteiger partial charge on any atom is -0.380 e. The third-order valence-electron chi connectivity index (χ3n) is 3.02. The Morgan fingerprint density at radius 3 is 2.83 bits per heavy atom. The van der Waals surface area contributed by atoms with Crippen LogP contribution in [0.5, 0.6) is 0 Å². The highest BCUT2D eigenvalue weighted by Crippen LogP contribution is 2.36. The maximum absolute atomic E-state index is 11.0. The van der Waals surface area contributed by atoms with E-state index >= 15 is 0 Å². The van der Waals surface area contributed by atoms with E-state index in [0.29, 0.717) is 12.5 Å². The highest BCUT2D eigenvalue weighted by molar-refractivity contribution is 5.60. The Balaban J connectivity index is 2.58. The molecule has 0 saturated carbocycles. The van der Waals surface area contributed by atoms with Gasteiger partial charge in [0.2, 0.25) is 0 Å². The van der Waals surface area contributed by atoms with Crippen LogP contribution >= 0.6 is 0 Å². The van der Waals surface area contributed by atoms with Crippen molar-refractivity contribution < 1.29 is 9.53 Å². The lowest BCUT2D eigenvalue weighted by atomic mass is 9.75. The highest BCUT2D eigenvalue weighted by atomic mass is 16.5. The normalized spacial score (nSPS) is 31.8. The van der Waals surface area contributed by atoms with E-state index in [0.717, 1.165) is 32.2 Å². The van der Waals surface area contributed by atoms with Crippen molar-refractivity contribution in [3.63, 3.8) is 0 Å². The summed E-state index contributed by atoms with van der Waals surface area (Å²) in [6.45, 7) is 5.71. The summed E-state index contributed by atoms with van der Waals surface area (Å²) in [6, 6.07) is 0. The molecule has 1 heterocycles. The molecular weight excluding hydrogens is 152 g/mol. The number of carbonyl (C=O) groups is 1. The minimum absolute atomic E-state index is 0.157. The van der Waals surface area contributed by atoms with Crippen LogP contribution in [0, 0.1) is 11.3 Å². The third-order valence-corrected chi connectivity index (χ3v) is 3.02. The van der Waals surface area contributed by atoms with Crippen LogP contribution in [0.15, 0.2) is 0 Å². The smallest absolute Gasteiger partial charge is 0.128 e. The number of rotatable bonds is 4. The predicted molar refractivity (Wildman–Crippen MR) is 48.0 cm³/mol. The molecule has 70 valence electrons. The van der Waals surface area contributed by atoms with Crippen molar-refractivity contribution in [2.24, 2.45) is 11.3 Å². The zero-order chi connectivity index (χ0) is 9.03. The first kappa shape index (κ1) is 9.72. The standard InChI is InChI=1S/C10H18O2/c1-3-4-9(2)10(7-11)5-6-12-8-10/h7,9H,3-6,8H2,1-2H3. The number of ether oxygens (including phenoxy) is 1. The van der Waals surface area contributed by atoms with Crippen LogP contribution in [0.1, 0.15) is 33.1 Å². The van der Waals surface area contributed by atoms with E-state index in [2.05, 4.69) is 13.8 Å². The van der Waals surface area contributed by atoms with Gasteiger partial charge in [0.1, 0.15) is 6.29 Å². The average Bonchev–Trinajstić information content (AvgIpc) is 2.54. The molecule has 0 aromatic heterocycles. The Bertz CT molecular complexity index is 148. The monoisotopic (exact) mass is 170 g/mol. The fraction of sp³-hybridized carbons (Fsp3) is 0.900. The third kappa shape index (κ3) is 1.69. The van der Waals surface area contributed by atoms with Gasteiger partial charge in [-0.3, -0.25) is 0 Å². The summed E-state index contributed by atoms with van der Waals surface area (Å²) in [6.07, 6.45) is 4.30. The van der Waals surface area contributed by atoms with Gasteiger partial charge in [0, 0.05) is 6.61 Å². The SMILES string of the molecule is CCCC(C)C1(C=O)CCOC1. The zero-order valence-corrected chi connectivity index (χ0v) is 8.01. The molecule has 1 rings (SSSR count). The quantitative estimate of drug-likeness (QED) is 0.603. The van der Waals surface area contributed by atoms with Gasteiger partial charge >= 0.3 is 0 Å². The maximum Gasteiger partial charge on any atom is 0.128 e. The molecule has 1 aliphatic heterocycles. The lowest BCUT2D eigenvalue weighted by Gasteiger charge is -2.27. The first-order chi connectivity index (χ1) is 5.75. The highest BCUT2D eigenvalue weighted by Gasteiger charge is 2.39. The summed E-state index contributed by atoms with van der Waals surface area (Å²) in [7, 11) is 0. The van der Waals surface area contributed by atoms with Crippen molar-refractivity contribution in [2.75, 3.05) is 13.2 Å². The Hall–Kier alpha value is -0.370. The molecule has 2 heteroatoms. The summed E-state index contributed by atoms with van der Waals surface area (Å²) >= 11 is 0. The van der Waals surface area contributed by atoms with E-state index in [9.17, 15) is 4.79 Å². The molecule has 0 aromatic carbocycles. The zero-order valence-electron chi connectivity index (χ0n) is 8.01. The van der Waals surface area contributed by atoms with Gasteiger partial charge in [-0.1, -0.05) is 20.3 Å². The molecule has 2 nitrogen and oxygen atoms in total. The molecular formula is C10H18O2. The summed E-state index contributed by atoms with van der Waals surface area (Å²) in [4.78, 5) is 11.0. The molecule has 12 heavy (non-hydrogen) atoms. The molecule has 0 bridgehead atoms. The van der Waals surface area contributed by atoms with Crippen molar-refractivity contribution in [1.29, 1.82) is 0 Å². The molecule has 0 N–H and O–H groups in total. The molecule has 1 aliphatic rings. The van der Waals surface area contributed by atoms with Gasteiger partial charge in [-0.15, -0.1) is 0 Å². The molecule has 0 spiro atoms. The van der Waals surface area contributed by atoms with Gasteiger partial charge < -0.3 is 9.53 Å². The Morgan fingerprint density at radius 2 is 2.42 bits per heavy atom. The Labute approximate surface area is 74.3 Å². The van der Waals surface area contributed by atoms with E-state index in [4.69, 9.17) is 4.74 Å². The van der Waals surface area contributed by atoms with E-state index in [-0.39, 0.29) is 5.41 Å². The van der Waals surface area contributed by atoms with Gasteiger partial charge in [0.05, 0.1) is 12.0 Å². The van der Waals surface area contributed by atoms with Gasteiger partial charge in [-0.05, 0) is 18.8 Å². The van der Waals surface area contributed by atoms with Crippen LogP contribution in [0.25, 0.3) is 0 Å². The topological polar surface area (TPSA) is 26.3 Å². The molecule has 0 aliphatic carbocycles. The second-order valence-electron chi connectivity index (χ2n) is 3.84. The minimum atomic E-state index is -0.157. The molecule has 2 unspecified atom stereocenters. The first-order valence-electron chi connectivity index (χ1n) is 4.79. The van der Waals surface area contributed by atoms with E-state index in [1.165, 1.54) is 0 Å². The maximum atomic E-state index is 11.0. The molecule has 2 atom stereocenters. The van der Waals surface area contributed by atoms with Crippen LogP contribution in [0.3, 0.4) is 0 Å². The number of aldehydes is 1. The van der Waals surface area contributed by atoms with E-state index in [1.54, 1.807) is 0 Å². The summed E-state index contributed by atoms with van der Waals surface area (Å²) < 4.78 is 5.29. The number of hydrogen-bond donors (Lipinski definition) is 0. The van der Waals surface area contributed by atoms with Gasteiger partial charge in [0.25, 0.3) is 0 Å². The van der Waals surface area contributed by atoms with Crippen LogP contribution in [-0.4, -0.2) is 19.5 Å². The van der Waals surface area contributed by atoms with Crippen LogP contribution in [-0.2, 0) is 9.53 Å². The van der Waals surface area contributed by atoms with Crippen LogP contribution in [0.2, 0.25) is 0 Å². The molecule has 0 aromatic rings. The fourth-order valence-corrected chi connectivity index (χ4v) is 1.91. The molecule has 0 amide bonds. The Kier molecular flexibility index (Phi) is 3.27. The largest absolute Gasteiger partial charge is 0.380 e. The molecule has 0 radical (unpaired) electrons. The van der Waals surface area contributed by atoms with Crippen molar-refractivity contribution >= 4 is 6.29 Å². The summed E-state index contributed by atoms with van der Waals surface area (Å²) in [5.41, 5.74) is -0.157. The first-order valence-corrected chi connectivity index (χ1v) is 4.79. The average molecular weight is 170 g/mol. The molecule has 1 saturated heterocycles. The van der Waals surface area contributed by atoms with Crippen molar-refractivity contribution in [3.8, 4) is 0 Å². The molecule has 1 fully saturated rings. The fourth-order valence-electron chi connectivity index (χ4n) is 1.91.